The van der Waals surface area contributed by atoms with Gasteiger partial charge in [0.2, 0.25) is 0 Å². The highest BCUT2D eigenvalue weighted by atomic mass is 16.5. The Balaban J connectivity index is 1.56. The first kappa shape index (κ1) is 19.6. The van der Waals surface area contributed by atoms with E-state index >= 15 is 0 Å². The average Bonchev–Trinajstić information content (AvgIpc) is 2.71. The number of hydrogen-bond donors (Lipinski definition) is 1. The van der Waals surface area contributed by atoms with Crippen LogP contribution in [0.1, 0.15) is 17.4 Å². The van der Waals surface area contributed by atoms with Crippen molar-refractivity contribution in [3.8, 4) is 0 Å². The third-order valence-electron chi connectivity index (χ3n) is 4.33. The van der Waals surface area contributed by atoms with E-state index in [1.165, 1.54) is 26.1 Å². The van der Waals surface area contributed by atoms with E-state index < -0.39 is 18.0 Å². The van der Waals surface area contributed by atoms with Crippen LogP contribution in [-0.2, 0) is 21.3 Å². The van der Waals surface area contributed by atoms with E-state index in [2.05, 4.69) is 15.3 Å². The Labute approximate surface area is 161 Å². The molecule has 1 amide bonds. The highest BCUT2D eigenvalue weighted by molar-refractivity contribution is 5.96. The third-order valence-corrected chi connectivity index (χ3v) is 4.33. The van der Waals surface area contributed by atoms with Crippen molar-refractivity contribution >= 4 is 23.3 Å². The average molecular weight is 386 g/mol. The van der Waals surface area contributed by atoms with E-state index in [-0.39, 0.29) is 11.3 Å². The zero-order valence-electron chi connectivity index (χ0n) is 15.8. The molecule has 1 aliphatic heterocycles. The van der Waals surface area contributed by atoms with E-state index in [4.69, 9.17) is 9.47 Å². The molecule has 28 heavy (non-hydrogen) atoms. The summed E-state index contributed by atoms with van der Waals surface area (Å²) in [6.45, 7) is 4.53. The van der Waals surface area contributed by atoms with Crippen molar-refractivity contribution in [3.05, 3.63) is 52.4 Å². The maximum Gasteiger partial charge on any atom is 0.359 e. The number of carbonyl (C=O) groups excluding carboxylic acids is 2. The van der Waals surface area contributed by atoms with Crippen molar-refractivity contribution in [2.45, 2.75) is 13.0 Å². The Hall–Kier alpha value is -3.20. The Morgan fingerprint density at radius 1 is 1.14 bits per heavy atom. The molecule has 0 saturated carbocycles. The molecule has 2 heterocycles. The predicted molar refractivity (Wildman–Crippen MR) is 102 cm³/mol. The highest BCUT2D eigenvalue weighted by Crippen LogP contribution is 2.19. The van der Waals surface area contributed by atoms with Gasteiger partial charge < -0.3 is 19.7 Å². The van der Waals surface area contributed by atoms with Gasteiger partial charge >= 0.3 is 5.97 Å². The number of morpholine rings is 1. The maximum atomic E-state index is 12.3. The van der Waals surface area contributed by atoms with Crippen molar-refractivity contribution < 1.29 is 19.1 Å². The molecule has 1 saturated heterocycles. The predicted octanol–water partition coefficient (Wildman–Crippen LogP) is 0.801. The molecule has 1 aromatic carbocycles. The van der Waals surface area contributed by atoms with Crippen LogP contribution >= 0.6 is 0 Å². The fourth-order valence-corrected chi connectivity index (χ4v) is 2.71. The summed E-state index contributed by atoms with van der Waals surface area (Å²) < 4.78 is 11.5. The van der Waals surface area contributed by atoms with Crippen LogP contribution in [0, 0.1) is 0 Å². The molecule has 1 aromatic heterocycles. The minimum Gasteiger partial charge on any atom is -0.448 e. The van der Waals surface area contributed by atoms with E-state index in [9.17, 15) is 14.4 Å². The second kappa shape index (κ2) is 8.66. The summed E-state index contributed by atoms with van der Waals surface area (Å²) in [5, 5.41) is 6.52. The number of aromatic nitrogens is 2. The summed E-state index contributed by atoms with van der Waals surface area (Å²) in [6, 6.07) is 9.92. The molecule has 1 atom stereocenters. The number of ether oxygens (including phenoxy) is 2. The quantitative estimate of drug-likeness (QED) is 0.758. The van der Waals surface area contributed by atoms with Gasteiger partial charge in [0.05, 0.1) is 13.2 Å². The first-order chi connectivity index (χ1) is 13.4. The molecule has 1 N–H and O–H groups in total. The second-order valence-electron chi connectivity index (χ2n) is 6.36. The number of anilines is 2. The van der Waals surface area contributed by atoms with E-state index in [1.807, 2.05) is 12.1 Å². The van der Waals surface area contributed by atoms with Crippen molar-refractivity contribution in [2.75, 3.05) is 36.5 Å². The van der Waals surface area contributed by atoms with Gasteiger partial charge in [-0.05, 0) is 37.3 Å². The normalized spacial score (nSPS) is 15.0. The number of nitrogens with zero attached hydrogens (tertiary/aromatic N) is 3. The summed E-state index contributed by atoms with van der Waals surface area (Å²) in [4.78, 5) is 37.9. The topological polar surface area (TPSA) is 103 Å². The molecule has 1 aliphatic rings. The molecular formula is C19H22N4O5. The standard InChI is InChI=1S/C19H22N4O5/c1-13(28-19(26)16-7-8-17(24)22(2)21-16)18(25)20-14-3-5-15(6-4-14)23-9-11-27-12-10-23/h3-8,13H,9-12H2,1-2H3,(H,20,25). The number of benzene rings is 1. The number of rotatable bonds is 5. The van der Waals surface area contributed by atoms with Gasteiger partial charge in [-0.3, -0.25) is 9.59 Å². The number of hydrogen-bond acceptors (Lipinski definition) is 7. The Bertz CT molecular complexity index is 903. The van der Waals surface area contributed by atoms with Gasteiger partial charge in [-0.25, -0.2) is 9.48 Å². The van der Waals surface area contributed by atoms with E-state index in [1.54, 1.807) is 12.1 Å². The lowest BCUT2D eigenvalue weighted by Crippen LogP contribution is -2.36. The minimum atomic E-state index is -1.02. The Morgan fingerprint density at radius 2 is 1.82 bits per heavy atom. The number of aryl methyl sites for hydroxylation is 1. The Morgan fingerprint density at radius 3 is 2.46 bits per heavy atom. The van der Waals surface area contributed by atoms with Gasteiger partial charge in [-0.15, -0.1) is 0 Å². The first-order valence-electron chi connectivity index (χ1n) is 8.93. The van der Waals surface area contributed by atoms with Crippen LogP contribution in [0.4, 0.5) is 11.4 Å². The second-order valence-corrected chi connectivity index (χ2v) is 6.36. The van der Waals surface area contributed by atoms with E-state index in [0.29, 0.717) is 18.9 Å². The molecule has 1 unspecified atom stereocenters. The smallest absolute Gasteiger partial charge is 0.359 e. The molecule has 0 bridgehead atoms. The first-order valence-corrected chi connectivity index (χ1v) is 8.93. The van der Waals surface area contributed by atoms with Crippen LogP contribution in [0.2, 0.25) is 0 Å². The van der Waals surface area contributed by atoms with Crippen LogP contribution in [0.25, 0.3) is 0 Å². The fourth-order valence-electron chi connectivity index (χ4n) is 2.71. The van der Waals surface area contributed by atoms with Crippen LogP contribution < -0.4 is 15.8 Å². The van der Waals surface area contributed by atoms with Crippen molar-refractivity contribution in [1.82, 2.24) is 9.78 Å². The number of esters is 1. The van der Waals surface area contributed by atoms with Crippen molar-refractivity contribution in [1.29, 1.82) is 0 Å². The largest absolute Gasteiger partial charge is 0.448 e. The van der Waals surface area contributed by atoms with Crippen LogP contribution in [0.5, 0.6) is 0 Å². The monoisotopic (exact) mass is 386 g/mol. The van der Waals surface area contributed by atoms with Gasteiger partial charge in [-0.1, -0.05) is 0 Å². The molecule has 9 heteroatoms. The molecular weight excluding hydrogens is 364 g/mol. The fraction of sp³-hybridized carbons (Fsp3) is 0.368. The van der Waals surface area contributed by atoms with Crippen LogP contribution in [-0.4, -0.2) is 54.1 Å². The highest BCUT2D eigenvalue weighted by Gasteiger charge is 2.20. The zero-order valence-corrected chi connectivity index (χ0v) is 15.8. The summed E-state index contributed by atoms with van der Waals surface area (Å²) in [5.74, 6) is -1.24. The van der Waals surface area contributed by atoms with Gasteiger partial charge in [0.1, 0.15) is 0 Å². The summed E-state index contributed by atoms with van der Waals surface area (Å²) in [7, 11) is 1.43. The maximum absolute atomic E-state index is 12.3. The summed E-state index contributed by atoms with van der Waals surface area (Å²) in [6.07, 6.45) is -1.02. The minimum absolute atomic E-state index is 0.0448. The molecule has 0 spiro atoms. The van der Waals surface area contributed by atoms with Gasteiger partial charge in [0.15, 0.2) is 11.8 Å². The van der Waals surface area contributed by atoms with Crippen LogP contribution in [0.3, 0.4) is 0 Å². The summed E-state index contributed by atoms with van der Waals surface area (Å²) >= 11 is 0. The number of amides is 1. The Kier molecular flexibility index (Phi) is 6.05. The molecule has 148 valence electrons. The van der Waals surface area contributed by atoms with Crippen molar-refractivity contribution in [2.24, 2.45) is 7.05 Å². The van der Waals surface area contributed by atoms with Crippen molar-refractivity contribution in [3.63, 3.8) is 0 Å². The molecule has 3 rings (SSSR count). The summed E-state index contributed by atoms with van der Waals surface area (Å²) in [5.41, 5.74) is 1.27. The van der Waals surface area contributed by atoms with Gasteiger partial charge in [0.25, 0.3) is 11.5 Å². The lowest BCUT2D eigenvalue weighted by atomic mass is 10.2. The SMILES string of the molecule is CC(OC(=O)c1ccc(=O)n(C)n1)C(=O)Nc1ccc(N2CCOCC2)cc1. The zero-order chi connectivity index (χ0) is 20.1. The molecule has 0 radical (unpaired) electrons. The lowest BCUT2D eigenvalue weighted by Gasteiger charge is -2.28. The van der Waals surface area contributed by atoms with Gasteiger partial charge in [-0.2, -0.15) is 5.10 Å². The number of nitrogens with one attached hydrogen (secondary N) is 1. The van der Waals surface area contributed by atoms with Crippen LogP contribution in [0.15, 0.2) is 41.2 Å². The molecule has 2 aromatic rings. The van der Waals surface area contributed by atoms with Gasteiger partial charge in [0, 0.05) is 37.6 Å². The number of carbonyl (C=O) groups is 2. The third kappa shape index (κ3) is 4.74. The molecule has 1 fully saturated rings. The lowest BCUT2D eigenvalue weighted by molar-refractivity contribution is -0.123. The molecule has 0 aliphatic carbocycles. The molecule has 9 nitrogen and oxygen atoms in total. The van der Waals surface area contributed by atoms with E-state index in [0.717, 1.165) is 23.5 Å².